The number of rotatable bonds is 5. The van der Waals surface area contributed by atoms with Crippen LogP contribution in [0.25, 0.3) is 0 Å². The van der Waals surface area contributed by atoms with Gasteiger partial charge in [-0.2, -0.15) is 0 Å². The van der Waals surface area contributed by atoms with Crippen molar-refractivity contribution in [1.82, 2.24) is 9.97 Å². The highest BCUT2D eigenvalue weighted by molar-refractivity contribution is 6.29. The summed E-state index contributed by atoms with van der Waals surface area (Å²) in [4.78, 5) is 10.2. The van der Waals surface area contributed by atoms with Crippen LogP contribution in [0.5, 0.6) is 0 Å². The summed E-state index contributed by atoms with van der Waals surface area (Å²) < 4.78 is 4.97. The molecule has 0 fully saturated rings. The Morgan fingerprint density at radius 2 is 2.12 bits per heavy atom. The van der Waals surface area contributed by atoms with Crippen molar-refractivity contribution in [3.63, 3.8) is 0 Å². The molecule has 0 unspecified atom stereocenters. The van der Waals surface area contributed by atoms with Gasteiger partial charge in [0.1, 0.15) is 17.6 Å². The maximum absolute atomic E-state index is 9.75. The molecule has 96 valence electrons. The quantitative estimate of drug-likeness (QED) is 0.812. The lowest BCUT2D eigenvalue weighted by Gasteiger charge is -2.26. The van der Waals surface area contributed by atoms with Gasteiger partial charge in [-0.1, -0.05) is 11.6 Å². The van der Waals surface area contributed by atoms with Gasteiger partial charge >= 0.3 is 0 Å². The van der Waals surface area contributed by atoms with Gasteiger partial charge in [-0.25, -0.2) is 9.97 Å². The number of aliphatic hydroxyl groups is 1. The zero-order valence-corrected chi connectivity index (χ0v) is 11.3. The number of ether oxygens (including phenoxy) is 1. The molecule has 0 saturated heterocycles. The van der Waals surface area contributed by atoms with E-state index < -0.39 is 5.60 Å². The zero-order chi connectivity index (χ0) is 13.1. The molecule has 5 nitrogen and oxygen atoms in total. The Labute approximate surface area is 106 Å². The van der Waals surface area contributed by atoms with Gasteiger partial charge in [-0.3, -0.25) is 0 Å². The molecule has 0 radical (unpaired) electrons. The van der Waals surface area contributed by atoms with Crippen LogP contribution in [-0.2, 0) is 11.3 Å². The summed E-state index contributed by atoms with van der Waals surface area (Å²) >= 11 is 5.91. The molecule has 0 saturated carbocycles. The van der Waals surface area contributed by atoms with Crippen LogP contribution in [0.3, 0.4) is 0 Å². The summed E-state index contributed by atoms with van der Waals surface area (Å²) in [5.74, 6) is 1.19. The molecule has 1 heterocycles. The maximum atomic E-state index is 9.75. The lowest BCUT2D eigenvalue weighted by molar-refractivity contribution is 0.0884. The largest absolute Gasteiger partial charge is 0.389 e. The molecule has 17 heavy (non-hydrogen) atoms. The van der Waals surface area contributed by atoms with Gasteiger partial charge in [0.25, 0.3) is 0 Å². The maximum Gasteiger partial charge on any atom is 0.158 e. The average molecular weight is 260 g/mol. The zero-order valence-electron chi connectivity index (χ0n) is 10.6. The van der Waals surface area contributed by atoms with Crippen LogP contribution in [0, 0.1) is 0 Å². The Morgan fingerprint density at radius 3 is 2.65 bits per heavy atom. The molecule has 0 amide bonds. The highest BCUT2D eigenvalue weighted by Crippen LogP contribution is 2.17. The first-order chi connectivity index (χ1) is 7.81. The first-order valence-electron chi connectivity index (χ1n) is 5.28. The van der Waals surface area contributed by atoms with Crippen LogP contribution < -0.4 is 4.90 Å². The van der Waals surface area contributed by atoms with Crippen molar-refractivity contribution in [3.05, 3.63) is 17.0 Å². The van der Waals surface area contributed by atoms with E-state index >= 15 is 0 Å². The van der Waals surface area contributed by atoms with Crippen LogP contribution in [0.1, 0.15) is 19.7 Å². The molecular formula is C11H18ClN3O2. The van der Waals surface area contributed by atoms with E-state index in [-0.39, 0.29) is 0 Å². The average Bonchev–Trinajstić information content (AvgIpc) is 2.14. The Kier molecular flexibility index (Phi) is 4.68. The second-order valence-corrected chi connectivity index (χ2v) is 4.95. The summed E-state index contributed by atoms with van der Waals surface area (Å²) in [6, 6.07) is 1.66. The summed E-state index contributed by atoms with van der Waals surface area (Å²) in [6.45, 7) is 4.24. The third kappa shape index (κ3) is 4.85. The van der Waals surface area contributed by atoms with Crippen molar-refractivity contribution >= 4 is 17.4 Å². The number of methoxy groups -OCH3 is 1. The van der Waals surface area contributed by atoms with Gasteiger partial charge in [-0.15, -0.1) is 0 Å². The van der Waals surface area contributed by atoms with Crippen LogP contribution in [0.4, 0.5) is 5.82 Å². The van der Waals surface area contributed by atoms with Crippen molar-refractivity contribution in [2.24, 2.45) is 0 Å². The van der Waals surface area contributed by atoms with Crippen LogP contribution in [0.2, 0.25) is 5.15 Å². The van der Waals surface area contributed by atoms with Crippen molar-refractivity contribution in [2.45, 2.75) is 26.1 Å². The molecule has 0 aliphatic heterocycles. The van der Waals surface area contributed by atoms with Gasteiger partial charge in [0.2, 0.25) is 0 Å². The van der Waals surface area contributed by atoms with E-state index in [4.69, 9.17) is 16.3 Å². The third-order valence-corrected chi connectivity index (χ3v) is 2.21. The molecular weight excluding hydrogens is 242 g/mol. The van der Waals surface area contributed by atoms with E-state index in [1.165, 1.54) is 0 Å². The molecule has 1 aromatic heterocycles. The first kappa shape index (κ1) is 14.2. The fraction of sp³-hybridized carbons (Fsp3) is 0.636. The summed E-state index contributed by atoms with van der Waals surface area (Å²) in [7, 11) is 3.41. The minimum absolute atomic E-state index is 0.309. The Bertz CT molecular complexity index is 379. The van der Waals surface area contributed by atoms with Crippen molar-refractivity contribution in [3.8, 4) is 0 Å². The lowest BCUT2D eigenvalue weighted by atomic mass is 10.1. The first-order valence-corrected chi connectivity index (χ1v) is 5.65. The smallest absolute Gasteiger partial charge is 0.158 e. The molecule has 6 heteroatoms. The standard InChI is InChI=1S/C11H18ClN3O2/c1-11(2,16)7-15(3)10-5-8(12)13-9(14-10)6-17-4/h5,16H,6-7H2,1-4H3. The second kappa shape index (κ2) is 5.62. The number of aromatic nitrogens is 2. The van der Waals surface area contributed by atoms with E-state index in [0.29, 0.717) is 29.9 Å². The predicted octanol–water partition coefficient (Wildman–Crippen LogP) is 1.48. The number of halogens is 1. The predicted molar refractivity (Wildman–Crippen MR) is 67.3 cm³/mol. The number of hydrogen-bond donors (Lipinski definition) is 1. The van der Waals surface area contributed by atoms with Gasteiger partial charge < -0.3 is 14.7 Å². The highest BCUT2D eigenvalue weighted by Gasteiger charge is 2.17. The van der Waals surface area contributed by atoms with Crippen molar-refractivity contribution in [1.29, 1.82) is 0 Å². The lowest BCUT2D eigenvalue weighted by Crippen LogP contribution is -2.36. The summed E-state index contributed by atoms with van der Waals surface area (Å²) in [5, 5.41) is 10.1. The Morgan fingerprint density at radius 1 is 1.47 bits per heavy atom. The van der Waals surface area contributed by atoms with Crippen LogP contribution >= 0.6 is 11.6 Å². The summed E-state index contributed by atoms with van der Waals surface area (Å²) in [5.41, 5.74) is -0.798. The molecule has 0 spiro atoms. The number of hydrogen-bond acceptors (Lipinski definition) is 5. The van der Waals surface area contributed by atoms with E-state index in [9.17, 15) is 5.11 Å². The third-order valence-electron chi connectivity index (χ3n) is 2.02. The molecule has 1 N–H and O–H groups in total. The molecule has 1 rings (SSSR count). The van der Waals surface area contributed by atoms with E-state index in [0.717, 1.165) is 0 Å². The van der Waals surface area contributed by atoms with Gasteiger partial charge in [0, 0.05) is 26.8 Å². The van der Waals surface area contributed by atoms with E-state index in [2.05, 4.69) is 9.97 Å². The molecule has 0 aliphatic rings. The molecule has 0 aromatic carbocycles. The van der Waals surface area contributed by atoms with Gasteiger partial charge in [0.05, 0.1) is 5.60 Å². The fourth-order valence-corrected chi connectivity index (χ4v) is 1.70. The van der Waals surface area contributed by atoms with Crippen LogP contribution in [0.15, 0.2) is 6.07 Å². The topological polar surface area (TPSA) is 58.5 Å². The summed E-state index contributed by atoms with van der Waals surface area (Å²) in [6.07, 6.45) is 0. The number of likely N-dealkylation sites (N-methyl/N-ethyl adjacent to an activating group) is 1. The monoisotopic (exact) mass is 259 g/mol. The molecule has 0 atom stereocenters. The molecule has 0 bridgehead atoms. The van der Waals surface area contributed by atoms with E-state index in [1.54, 1.807) is 27.0 Å². The minimum atomic E-state index is -0.798. The fourth-order valence-electron chi connectivity index (χ4n) is 1.50. The SMILES string of the molecule is COCc1nc(Cl)cc(N(C)CC(C)(C)O)n1. The van der Waals surface area contributed by atoms with Gasteiger partial charge in [-0.05, 0) is 13.8 Å². The normalized spacial score (nSPS) is 11.6. The molecule has 1 aromatic rings. The van der Waals surface area contributed by atoms with Crippen LogP contribution in [-0.4, -0.2) is 41.4 Å². The van der Waals surface area contributed by atoms with Crippen molar-refractivity contribution < 1.29 is 9.84 Å². The Hall–Kier alpha value is -0.910. The van der Waals surface area contributed by atoms with E-state index in [1.807, 2.05) is 11.9 Å². The van der Waals surface area contributed by atoms with Gasteiger partial charge in [0.15, 0.2) is 5.82 Å². The Balaban J connectivity index is 2.89. The number of nitrogens with zero attached hydrogens (tertiary/aromatic N) is 3. The van der Waals surface area contributed by atoms with Crippen molar-refractivity contribution in [2.75, 3.05) is 25.6 Å². The highest BCUT2D eigenvalue weighted by atomic mass is 35.5. The number of anilines is 1. The molecule has 0 aliphatic carbocycles. The second-order valence-electron chi connectivity index (χ2n) is 4.57. The minimum Gasteiger partial charge on any atom is -0.389 e.